The molecule has 1 heterocycles. The van der Waals surface area contributed by atoms with E-state index >= 15 is 0 Å². The Kier molecular flexibility index (Phi) is 5.60. The number of hydrogen-bond donors (Lipinski definition) is 2. The van der Waals surface area contributed by atoms with E-state index in [0.29, 0.717) is 25.6 Å². The molecule has 0 saturated heterocycles. The molecule has 1 aromatic rings. The van der Waals surface area contributed by atoms with Gasteiger partial charge in [-0.1, -0.05) is 17.7 Å². The van der Waals surface area contributed by atoms with Gasteiger partial charge in [-0.2, -0.15) is 0 Å². The van der Waals surface area contributed by atoms with Crippen molar-refractivity contribution in [1.82, 2.24) is 9.97 Å². The van der Waals surface area contributed by atoms with E-state index in [1.807, 2.05) is 0 Å². The van der Waals surface area contributed by atoms with Gasteiger partial charge < -0.3 is 15.0 Å². The minimum absolute atomic E-state index is 0.0635. The minimum Gasteiger partial charge on any atom is -0.379 e. The van der Waals surface area contributed by atoms with Crippen molar-refractivity contribution in [2.24, 2.45) is 0 Å². The lowest BCUT2D eigenvalue weighted by molar-refractivity contribution is 0.149. The Balaban J connectivity index is 2.29. The summed E-state index contributed by atoms with van der Waals surface area (Å²) in [5, 5.41) is 2.98. The average Bonchev–Trinajstić information content (AvgIpc) is 2.29. The maximum absolute atomic E-state index is 11.1. The summed E-state index contributed by atoms with van der Waals surface area (Å²) >= 11 is 5.73. The van der Waals surface area contributed by atoms with Crippen LogP contribution in [0, 0.1) is 0 Å². The largest absolute Gasteiger partial charge is 0.379 e. The molecule has 1 rings (SSSR count). The number of halogens is 1. The summed E-state index contributed by atoms with van der Waals surface area (Å²) in [6, 6.07) is 0. The molecule has 2 N–H and O–H groups in total. The van der Waals surface area contributed by atoms with Gasteiger partial charge in [0.25, 0.3) is 5.56 Å². The summed E-state index contributed by atoms with van der Waals surface area (Å²) in [7, 11) is 0. The van der Waals surface area contributed by atoms with Crippen LogP contribution >= 0.6 is 11.6 Å². The first-order valence-electron chi connectivity index (χ1n) is 4.91. The van der Waals surface area contributed by atoms with Crippen molar-refractivity contribution >= 4 is 17.4 Å². The fourth-order valence-corrected chi connectivity index (χ4v) is 1.19. The average molecular weight is 244 g/mol. The van der Waals surface area contributed by atoms with Gasteiger partial charge in [-0.25, -0.2) is 4.98 Å². The second-order valence-corrected chi connectivity index (χ2v) is 3.39. The predicted molar refractivity (Wildman–Crippen MR) is 64.0 cm³/mol. The van der Waals surface area contributed by atoms with Crippen LogP contribution in [0.15, 0.2) is 23.8 Å². The molecule has 0 atom stereocenters. The van der Waals surface area contributed by atoms with Crippen molar-refractivity contribution in [3.05, 3.63) is 34.4 Å². The topological polar surface area (TPSA) is 67.0 Å². The van der Waals surface area contributed by atoms with E-state index in [4.69, 9.17) is 16.3 Å². The number of H-pyrrole nitrogens is 1. The molecule has 16 heavy (non-hydrogen) atoms. The van der Waals surface area contributed by atoms with E-state index in [0.717, 1.165) is 6.42 Å². The quantitative estimate of drug-likeness (QED) is 0.562. The van der Waals surface area contributed by atoms with Crippen molar-refractivity contribution < 1.29 is 4.74 Å². The Hall–Kier alpha value is -1.33. The molecule has 0 radical (unpaired) electrons. The molecule has 0 unspecified atom stereocenters. The number of nitrogens with zero attached hydrogens (tertiary/aromatic N) is 1. The van der Waals surface area contributed by atoms with E-state index in [1.165, 1.54) is 6.33 Å². The zero-order chi connectivity index (χ0) is 11.8. The van der Waals surface area contributed by atoms with E-state index in [-0.39, 0.29) is 10.6 Å². The van der Waals surface area contributed by atoms with E-state index in [2.05, 4.69) is 21.9 Å². The molecule has 5 nitrogen and oxygen atoms in total. The molecule has 0 saturated carbocycles. The number of anilines is 1. The molecule has 88 valence electrons. The minimum atomic E-state index is -0.355. The molecular formula is C10H14ClN3O2. The SMILES string of the molecule is C=CCCOCCNc1nc[nH]c(=O)c1Cl. The highest BCUT2D eigenvalue weighted by Crippen LogP contribution is 2.10. The summed E-state index contributed by atoms with van der Waals surface area (Å²) in [6.45, 7) is 5.30. The molecule has 0 bridgehead atoms. The third-order valence-electron chi connectivity index (χ3n) is 1.80. The van der Waals surface area contributed by atoms with Gasteiger partial charge in [-0.15, -0.1) is 6.58 Å². The Morgan fingerprint density at radius 1 is 1.62 bits per heavy atom. The third-order valence-corrected chi connectivity index (χ3v) is 2.15. The molecule has 0 spiro atoms. The van der Waals surface area contributed by atoms with Crippen LogP contribution in [0.4, 0.5) is 5.82 Å². The van der Waals surface area contributed by atoms with Gasteiger partial charge in [-0.3, -0.25) is 4.79 Å². The first-order valence-corrected chi connectivity index (χ1v) is 5.29. The molecule has 0 aromatic carbocycles. The van der Waals surface area contributed by atoms with Crippen molar-refractivity contribution in [2.45, 2.75) is 6.42 Å². The van der Waals surface area contributed by atoms with Crippen LogP contribution in [0.25, 0.3) is 0 Å². The fraction of sp³-hybridized carbons (Fsp3) is 0.400. The summed E-state index contributed by atoms with van der Waals surface area (Å²) < 4.78 is 5.28. The Morgan fingerprint density at radius 2 is 2.44 bits per heavy atom. The second-order valence-electron chi connectivity index (χ2n) is 3.01. The van der Waals surface area contributed by atoms with Crippen LogP contribution in [0.5, 0.6) is 0 Å². The van der Waals surface area contributed by atoms with Gasteiger partial charge in [0, 0.05) is 6.54 Å². The molecular weight excluding hydrogens is 230 g/mol. The number of aromatic amines is 1. The lowest BCUT2D eigenvalue weighted by Gasteiger charge is -2.06. The Labute approximate surface area is 98.5 Å². The lowest BCUT2D eigenvalue weighted by atomic mass is 10.4. The number of aromatic nitrogens is 2. The molecule has 0 aliphatic rings. The monoisotopic (exact) mass is 243 g/mol. The highest BCUT2D eigenvalue weighted by atomic mass is 35.5. The summed E-state index contributed by atoms with van der Waals surface area (Å²) in [4.78, 5) is 17.4. The van der Waals surface area contributed by atoms with Crippen molar-refractivity contribution in [3.8, 4) is 0 Å². The maximum Gasteiger partial charge on any atom is 0.271 e. The first kappa shape index (κ1) is 12.7. The molecule has 0 aliphatic heterocycles. The normalized spacial score (nSPS) is 10.1. The molecule has 1 aromatic heterocycles. The van der Waals surface area contributed by atoms with Gasteiger partial charge >= 0.3 is 0 Å². The molecule has 6 heteroatoms. The van der Waals surface area contributed by atoms with Gasteiger partial charge in [0.2, 0.25) is 0 Å². The summed E-state index contributed by atoms with van der Waals surface area (Å²) in [5.74, 6) is 0.373. The highest BCUT2D eigenvalue weighted by molar-refractivity contribution is 6.32. The fourth-order valence-electron chi connectivity index (χ4n) is 1.02. The van der Waals surface area contributed by atoms with Crippen LogP contribution < -0.4 is 10.9 Å². The molecule has 0 aliphatic carbocycles. The second kappa shape index (κ2) is 7.03. The van der Waals surface area contributed by atoms with Gasteiger partial charge in [0.15, 0.2) is 5.82 Å². The number of ether oxygens (including phenoxy) is 1. The van der Waals surface area contributed by atoms with Crippen LogP contribution in [-0.2, 0) is 4.74 Å². The van der Waals surface area contributed by atoms with E-state index in [1.54, 1.807) is 6.08 Å². The van der Waals surface area contributed by atoms with Crippen LogP contribution in [0.2, 0.25) is 5.02 Å². The van der Waals surface area contributed by atoms with Crippen LogP contribution in [-0.4, -0.2) is 29.7 Å². The zero-order valence-corrected chi connectivity index (χ0v) is 9.59. The lowest BCUT2D eigenvalue weighted by Crippen LogP contribution is -2.15. The highest BCUT2D eigenvalue weighted by Gasteiger charge is 2.03. The van der Waals surface area contributed by atoms with Crippen molar-refractivity contribution in [3.63, 3.8) is 0 Å². The molecule has 0 amide bonds. The van der Waals surface area contributed by atoms with Crippen molar-refractivity contribution in [1.29, 1.82) is 0 Å². The summed E-state index contributed by atoms with van der Waals surface area (Å²) in [6.07, 6.45) is 3.92. The third kappa shape index (κ3) is 4.04. The van der Waals surface area contributed by atoms with Crippen molar-refractivity contribution in [2.75, 3.05) is 25.1 Å². The van der Waals surface area contributed by atoms with Crippen LogP contribution in [0.3, 0.4) is 0 Å². The molecule has 0 fully saturated rings. The maximum atomic E-state index is 11.1. The Bertz CT molecular complexity index is 392. The number of hydrogen-bond acceptors (Lipinski definition) is 4. The number of nitrogens with one attached hydrogen (secondary N) is 2. The summed E-state index contributed by atoms with van der Waals surface area (Å²) in [5.41, 5.74) is -0.355. The predicted octanol–water partition coefficient (Wildman–Crippen LogP) is 1.43. The first-order chi connectivity index (χ1) is 7.75. The van der Waals surface area contributed by atoms with Gasteiger partial charge in [0.05, 0.1) is 19.5 Å². The number of rotatable bonds is 7. The van der Waals surface area contributed by atoms with E-state index < -0.39 is 0 Å². The van der Waals surface area contributed by atoms with Gasteiger partial charge in [-0.05, 0) is 6.42 Å². The Morgan fingerprint density at radius 3 is 3.19 bits per heavy atom. The smallest absolute Gasteiger partial charge is 0.271 e. The van der Waals surface area contributed by atoms with Crippen LogP contribution in [0.1, 0.15) is 6.42 Å². The zero-order valence-electron chi connectivity index (χ0n) is 8.83. The van der Waals surface area contributed by atoms with E-state index in [9.17, 15) is 4.79 Å². The standard InChI is InChI=1S/C10H14ClN3O2/c1-2-3-5-16-6-4-12-9-8(11)10(15)14-7-13-9/h2,7H,1,3-6H2,(H2,12,13,14,15). The van der Waals surface area contributed by atoms with Gasteiger partial charge in [0.1, 0.15) is 5.02 Å².